The Morgan fingerprint density at radius 3 is 2.41 bits per heavy atom. The van der Waals surface area contributed by atoms with Crippen LogP contribution in [0.15, 0.2) is 23.1 Å². The van der Waals surface area contributed by atoms with E-state index in [9.17, 15) is 13.2 Å². The molecule has 2 aliphatic rings. The van der Waals surface area contributed by atoms with E-state index in [1.807, 2.05) is 37.9 Å². The molecule has 1 aromatic rings. The van der Waals surface area contributed by atoms with Crippen LogP contribution in [0.2, 0.25) is 0 Å². The molecule has 1 aromatic carbocycles. The monoisotopic (exact) mass is 392 g/mol. The van der Waals surface area contributed by atoms with Crippen molar-refractivity contribution < 1.29 is 13.2 Å². The van der Waals surface area contributed by atoms with Crippen LogP contribution in [0.4, 0.5) is 0 Å². The third-order valence-corrected chi connectivity index (χ3v) is 8.97. The number of nitrogens with zero attached hydrogens (tertiary/aromatic N) is 1. The average molecular weight is 393 g/mol. The lowest BCUT2D eigenvalue weighted by atomic mass is 9.95. The van der Waals surface area contributed by atoms with Gasteiger partial charge < -0.3 is 10.2 Å². The minimum absolute atomic E-state index is 0.163. The molecule has 0 bridgehead atoms. The van der Waals surface area contributed by atoms with Gasteiger partial charge in [0.1, 0.15) is 0 Å². The van der Waals surface area contributed by atoms with E-state index in [0.717, 1.165) is 43.4 Å². The molecular formula is C21H32N2O3S. The minimum Gasteiger partial charge on any atom is -0.341 e. The van der Waals surface area contributed by atoms with Crippen LogP contribution < -0.4 is 5.32 Å². The van der Waals surface area contributed by atoms with E-state index in [2.05, 4.69) is 5.32 Å². The van der Waals surface area contributed by atoms with Gasteiger partial charge >= 0.3 is 0 Å². The molecule has 0 aromatic heterocycles. The lowest BCUT2D eigenvalue weighted by Crippen LogP contribution is -2.54. The van der Waals surface area contributed by atoms with Crippen LogP contribution in [-0.2, 0) is 14.6 Å². The number of carbonyl (C=O) groups excluding carboxylic acids is 1. The maximum atomic E-state index is 13.7. The number of hydrogen-bond donors (Lipinski definition) is 1. The van der Waals surface area contributed by atoms with Gasteiger partial charge in [0.05, 0.1) is 4.90 Å². The Morgan fingerprint density at radius 1 is 1.19 bits per heavy atom. The van der Waals surface area contributed by atoms with Crippen LogP contribution in [0.5, 0.6) is 0 Å². The predicted octanol–water partition coefficient (Wildman–Crippen LogP) is 2.85. The molecule has 150 valence electrons. The molecule has 1 amide bonds. The van der Waals surface area contributed by atoms with Crippen molar-refractivity contribution in [1.29, 1.82) is 0 Å². The second-order valence-corrected chi connectivity index (χ2v) is 10.5. The van der Waals surface area contributed by atoms with E-state index in [4.69, 9.17) is 0 Å². The van der Waals surface area contributed by atoms with Crippen LogP contribution in [-0.4, -0.2) is 50.7 Å². The molecule has 0 radical (unpaired) electrons. The van der Waals surface area contributed by atoms with E-state index in [0.29, 0.717) is 36.7 Å². The number of amides is 1. The third-order valence-electron chi connectivity index (χ3n) is 6.34. The van der Waals surface area contributed by atoms with Gasteiger partial charge in [0, 0.05) is 13.1 Å². The quantitative estimate of drug-likeness (QED) is 0.837. The zero-order valence-electron chi connectivity index (χ0n) is 16.8. The first-order valence-electron chi connectivity index (χ1n) is 10.1. The fourth-order valence-electron chi connectivity index (χ4n) is 4.67. The Kier molecular flexibility index (Phi) is 5.96. The average Bonchev–Trinajstić information content (AvgIpc) is 3.16. The topological polar surface area (TPSA) is 66.5 Å². The summed E-state index contributed by atoms with van der Waals surface area (Å²) in [5, 5.41) is 3.20. The number of benzene rings is 1. The van der Waals surface area contributed by atoms with Crippen molar-refractivity contribution in [1.82, 2.24) is 10.2 Å². The second kappa shape index (κ2) is 7.92. The summed E-state index contributed by atoms with van der Waals surface area (Å²) >= 11 is 0. The van der Waals surface area contributed by atoms with Crippen LogP contribution in [0.1, 0.15) is 49.7 Å². The molecule has 0 unspecified atom stereocenters. The summed E-state index contributed by atoms with van der Waals surface area (Å²) in [6, 6.07) is 5.50. The van der Waals surface area contributed by atoms with E-state index in [-0.39, 0.29) is 5.91 Å². The smallest absolute Gasteiger partial charge is 0.244 e. The fourth-order valence-corrected chi connectivity index (χ4v) is 7.11. The molecule has 0 spiro atoms. The number of sulfone groups is 1. The van der Waals surface area contributed by atoms with Crippen molar-refractivity contribution in [2.24, 2.45) is 5.92 Å². The highest BCUT2D eigenvalue weighted by molar-refractivity contribution is 7.93. The lowest BCUT2D eigenvalue weighted by molar-refractivity contribution is -0.135. The Hall–Kier alpha value is -1.40. The van der Waals surface area contributed by atoms with Gasteiger partial charge in [-0.3, -0.25) is 4.79 Å². The Morgan fingerprint density at radius 2 is 1.81 bits per heavy atom. The minimum atomic E-state index is -3.73. The van der Waals surface area contributed by atoms with Crippen LogP contribution in [0, 0.1) is 19.8 Å². The largest absolute Gasteiger partial charge is 0.341 e. The van der Waals surface area contributed by atoms with Crippen LogP contribution >= 0.6 is 0 Å². The Bertz CT molecular complexity index is 790. The molecule has 0 atom stereocenters. The van der Waals surface area contributed by atoms with Crippen molar-refractivity contribution >= 4 is 15.7 Å². The number of piperidine rings is 1. The zero-order valence-corrected chi connectivity index (χ0v) is 17.6. The first-order chi connectivity index (χ1) is 12.8. The number of nitrogens with one attached hydrogen (secondary N) is 1. The molecule has 1 aliphatic carbocycles. The van der Waals surface area contributed by atoms with Crippen molar-refractivity contribution in [3.8, 4) is 0 Å². The van der Waals surface area contributed by atoms with Gasteiger partial charge in [-0.2, -0.15) is 0 Å². The van der Waals surface area contributed by atoms with Crippen molar-refractivity contribution in [3.63, 3.8) is 0 Å². The van der Waals surface area contributed by atoms with E-state index < -0.39 is 14.6 Å². The molecule has 1 heterocycles. The number of hydrogen-bond acceptors (Lipinski definition) is 4. The van der Waals surface area contributed by atoms with Gasteiger partial charge in [0.2, 0.25) is 5.91 Å². The van der Waals surface area contributed by atoms with Gasteiger partial charge in [-0.15, -0.1) is 0 Å². The van der Waals surface area contributed by atoms with E-state index in [1.54, 1.807) is 6.07 Å². The van der Waals surface area contributed by atoms with Gasteiger partial charge in [0.25, 0.3) is 0 Å². The molecule has 27 heavy (non-hydrogen) atoms. The maximum Gasteiger partial charge on any atom is 0.244 e. The highest BCUT2D eigenvalue weighted by atomic mass is 32.2. The standard InChI is InChI=1S/C21H32N2O3S/c1-16-6-7-17(2)19(14-16)27(25,26)21(10-4-5-11-21)20(24)23-12-8-18(9-13-23)15-22-3/h6-7,14,18,22H,4-5,8-13,15H2,1-3H3. The SMILES string of the molecule is CNCC1CCN(C(=O)C2(S(=O)(=O)c3cc(C)ccc3C)CCCC2)CC1. The molecule has 2 fully saturated rings. The zero-order chi connectivity index (χ0) is 19.7. The summed E-state index contributed by atoms with van der Waals surface area (Å²) in [7, 11) is -1.78. The summed E-state index contributed by atoms with van der Waals surface area (Å²) in [5.41, 5.74) is 1.64. The molecule has 5 nitrogen and oxygen atoms in total. The number of likely N-dealkylation sites (tertiary alicyclic amines) is 1. The molecule has 1 saturated carbocycles. The highest BCUT2D eigenvalue weighted by Gasteiger charge is 2.55. The van der Waals surface area contributed by atoms with Gasteiger partial charge in [-0.1, -0.05) is 25.0 Å². The normalized spacial score (nSPS) is 20.8. The van der Waals surface area contributed by atoms with Gasteiger partial charge in [-0.05, 0) is 76.2 Å². The van der Waals surface area contributed by atoms with Gasteiger partial charge in [-0.25, -0.2) is 8.42 Å². The van der Waals surface area contributed by atoms with Crippen LogP contribution in [0.3, 0.4) is 0 Å². The van der Waals surface area contributed by atoms with E-state index >= 15 is 0 Å². The third kappa shape index (κ3) is 3.66. The summed E-state index contributed by atoms with van der Waals surface area (Å²) < 4.78 is 26.2. The summed E-state index contributed by atoms with van der Waals surface area (Å²) in [6.07, 6.45) is 4.35. The van der Waals surface area contributed by atoms with Crippen LogP contribution in [0.25, 0.3) is 0 Å². The Labute approximate surface area is 163 Å². The molecule has 3 rings (SSSR count). The van der Waals surface area contributed by atoms with E-state index in [1.165, 1.54) is 0 Å². The predicted molar refractivity (Wildman–Crippen MR) is 108 cm³/mol. The number of rotatable bonds is 5. The number of aryl methyl sites for hydroxylation is 2. The maximum absolute atomic E-state index is 13.7. The first kappa shape index (κ1) is 20.3. The fraction of sp³-hybridized carbons (Fsp3) is 0.667. The lowest BCUT2D eigenvalue weighted by Gasteiger charge is -2.38. The van der Waals surface area contributed by atoms with Crippen molar-refractivity contribution in [3.05, 3.63) is 29.3 Å². The summed E-state index contributed by atoms with van der Waals surface area (Å²) in [5.74, 6) is 0.401. The van der Waals surface area contributed by atoms with Gasteiger partial charge in [0.15, 0.2) is 14.6 Å². The second-order valence-electron chi connectivity index (χ2n) is 8.27. The van der Waals surface area contributed by atoms with Crippen molar-refractivity contribution in [2.45, 2.75) is 62.0 Å². The molecule has 1 aliphatic heterocycles. The first-order valence-corrected chi connectivity index (χ1v) is 11.6. The molecular weight excluding hydrogens is 360 g/mol. The summed E-state index contributed by atoms with van der Waals surface area (Å²) in [6.45, 7) is 6.00. The molecule has 1 N–H and O–H groups in total. The van der Waals surface area contributed by atoms with Crippen molar-refractivity contribution in [2.75, 3.05) is 26.7 Å². The summed E-state index contributed by atoms with van der Waals surface area (Å²) in [4.78, 5) is 15.7. The Balaban J connectivity index is 1.92. The molecule has 1 saturated heterocycles. The highest BCUT2D eigenvalue weighted by Crippen LogP contribution is 2.43. The molecule has 6 heteroatoms. The number of carbonyl (C=O) groups is 1.